The number of piperazine rings is 1. The summed E-state index contributed by atoms with van der Waals surface area (Å²) in [6.07, 6.45) is 0. The van der Waals surface area contributed by atoms with Crippen molar-refractivity contribution >= 4 is 28.5 Å². The summed E-state index contributed by atoms with van der Waals surface area (Å²) in [6.45, 7) is 7.35. The van der Waals surface area contributed by atoms with Crippen molar-refractivity contribution in [1.82, 2.24) is 14.9 Å². The molecule has 0 aliphatic carbocycles. The lowest BCUT2D eigenvalue weighted by molar-refractivity contribution is 0.0716. The number of hydrogen-bond acceptors (Lipinski definition) is 7. The summed E-state index contributed by atoms with van der Waals surface area (Å²) in [5.41, 5.74) is 0.601. The van der Waals surface area contributed by atoms with Crippen molar-refractivity contribution in [2.45, 2.75) is 13.8 Å². The van der Waals surface area contributed by atoms with Crippen LogP contribution in [0.1, 0.15) is 23.3 Å². The SMILES string of the molecule is CCNc1cc(N2CCN(C(=O)c3cc4cccc(OC)c4o3)CC2)nc(C)n1. The first-order valence-electron chi connectivity index (χ1n) is 9.79. The largest absolute Gasteiger partial charge is 0.493 e. The van der Waals surface area contributed by atoms with E-state index in [4.69, 9.17) is 9.15 Å². The molecule has 1 saturated heterocycles. The first-order chi connectivity index (χ1) is 14.1. The Morgan fingerprint density at radius 1 is 1.21 bits per heavy atom. The second kappa shape index (κ2) is 7.98. The number of amides is 1. The average Bonchev–Trinajstić information content (AvgIpc) is 3.17. The number of rotatable bonds is 5. The zero-order valence-electron chi connectivity index (χ0n) is 16.9. The number of anilines is 2. The van der Waals surface area contributed by atoms with Crippen LogP contribution in [0.3, 0.4) is 0 Å². The Bertz CT molecular complexity index is 1020. The van der Waals surface area contributed by atoms with Gasteiger partial charge in [0.25, 0.3) is 5.91 Å². The third-order valence-electron chi connectivity index (χ3n) is 5.01. The Balaban J connectivity index is 1.46. The molecule has 0 radical (unpaired) electrons. The van der Waals surface area contributed by atoms with E-state index >= 15 is 0 Å². The molecule has 2 aromatic heterocycles. The number of nitrogens with one attached hydrogen (secondary N) is 1. The van der Waals surface area contributed by atoms with E-state index in [-0.39, 0.29) is 5.91 Å². The van der Waals surface area contributed by atoms with Crippen LogP contribution in [0.25, 0.3) is 11.0 Å². The van der Waals surface area contributed by atoms with Crippen molar-refractivity contribution in [3.63, 3.8) is 0 Å². The van der Waals surface area contributed by atoms with Gasteiger partial charge in [0.15, 0.2) is 17.1 Å². The molecule has 0 atom stereocenters. The molecule has 1 aromatic carbocycles. The van der Waals surface area contributed by atoms with Crippen LogP contribution in [0, 0.1) is 6.92 Å². The molecule has 1 aliphatic rings. The van der Waals surface area contributed by atoms with E-state index in [0.717, 1.165) is 29.4 Å². The number of aryl methyl sites for hydroxylation is 1. The number of benzene rings is 1. The van der Waals surface area contributed by atoms with Crippen molar-refractivity contribution in [2.24, 2.45) is 0 Å². The maximum atomic E-state index is 12.9. The van der Waals surface area contributed by atoms with Crippen LogP contribution in [0.5, 0.6) is 5.75 Å². The number of para-hydroxylation sites is 1. The van der Waals surface area contributed by atoms with E-state index in [1.165, 1.54) is 0 Å². The van der Waals surface area contributed by atoms with Gasteiger partial charge in [0.1, 0.15) is 17.5 Å². The molecule has 0 bridgehead atoms. The zero-order chi connectivity index (χ0) is 20.4. The van der Waals surface area contributed by atoms with Crippen LogP contribution >= 0.6 is 0 Å². The topological polar surface area (TPSA) is 83.7 Å². The molecule has 4 rings (SSSR count). The molecule has 1 aliphatic heterocycles. The minimum atomic E-state index is -0.102. The summed E-state index contributed by atoms with van der Waals surface area (Å²) in [4.78, 5) is 25.9. The predicted octanol–water partition coefficient (Wildman–Crippen LogP) is 2.93. The van der Waals surface area contributed by atoms with E-state index in [1.54, 1.807) is 13.2 Å². The predicted molar refractivity (Wildman–Crippen MR) is 112 cm³/mol. The molecule has 1 N–H and O–H groups in total. The molecule has 3 aromatic rings. The number of hydrogen-bond donors (Lipinski definition) is 1. The van der Waals surface area contributed by atoms with E-state index in [0.29, 0.717) is 43.3 Å². The number of fused-ring (bicyclic) bond motifs is 1. The molecule has 29 heavy (non-hydrogen) atoms. The molecular weight excluding hydrogens is 370 g/mol. The van der Waals surface area contributed by atoms with Crippen molar-refractivity contribution in [1.29, 1.82) is 0 Å². The third-order valence-corrected chi connectivity index (χ3v) is 5.01. The molecular formula is C21H25N5O3. The normalized spacial score (nSPS) is 14.3. The van der Waals surface area contributed by atoms with Gasteiger partial charge in [-0.3, -0.25) is 4.79 Å². The van der Waals surface area contributed by atoms with Crippen LogP contribution in [-0.4, -0.2) is 60.6 Å². The fraction of sp³-hybridized carbons (Fsp3) is 0.381. The lowest BCUT2D eigenvalue weighted by atomic mass is 10.2. The van der Waals surface area contributed by atoms with Gasteiger partial charge in [0.2, 0.25) is 0 Å². The molecule has 8 nitrogen and oxygen atoms in total. The molecule has 3 heterocycles. The van der Waals surface area contributed by atoms with E-state index in [1.807, 2.05) is 43.0 Å². The Morgan fingerprint density at radius 2 is 2.00 bits per heavy atom. The van der Waals surface area contributed by atoms with Gasteiger partial charge in [-0.2, -0.15) is 0 Å². The number of carbonyl (C=O) groups excluding carboxylic acids is 1. The third kappa shape index (κ3) is 3.83. The van der Waals surface area contributed by atoms with Gasteiger partial charge in [-0.1, -0.05) is 12.1 Å². The Hall–Kier alpha value is -3.29. The highest BCUT2D eigenvalue weighted by Gasteiger charge is 2.26. The average molecular weight is 395 g/mol. The number of aromatic nitrogens is 2. The molecule has 0 saturated carbocycles. The monoisotopic (exact) mass is 395 g/mol. The molecule has 1 fully saturated rings. The number of furan rings is 1. The Morgan fingerprint density at radius 3 is 2.72 bits per heavy atom. The molecule has 0 spiro atoms. The maximum absolute atomic E-state index is 12.9. The van der Waals surface area contributed by atoms with Crippen LogP contribution < -0.4 is 15.0 Å². The summed E-state index contributed by atoms with van der Waals surface area (Å²) >= 11 is 0. The summed E-state index contributed by atoms with van der Waals surface area (Å²) in [7, 11) is 1.59. The van der Waals surface area contributed by atoms with Gasteiger partial charge in [0.05, 0.1) is 7.11 Å². The summed E-state index contributed by atoms with van der Waals surface area (Å²) in [5, 5.41) is 4.09. The van der Waals surface area contributed by atoms with Crippen LogP contribution in [0.15, 0.2) is 34.7 Å². The maximum Gasteiger partial charge on any atom is 0.289 e. The summed E-state index contributed by atoms with van der Waals surface area (Å²) in [5.74, 6) is 3.30. The number of carbonyl (C=O) groups is 1. The molecule has 0 unspecified atom stereocenters. The van der Waals surface area contributed by atoms with Gasteiger partial charge in [-0.25, -0.2) is 9.97 Å². The van der Waals surface area contributed by atoms with Crippen LogP contribution in [-0.2, 0) is 0 Å². The van der Waals surface area contributed by atoms with Gasteiger partial charge in [-0.05, 0) is 26.0 Å². The molecule has 1 amide bonds. The Labute approximate surface area is 169 Å². The van der Waals surface area contributed by atoms with Crippen LogP contribution in [0.2, 0.25) is 0 Å². The van der Waals surface area contributed by atoms with E-state index < -0.39 is 0 Å². The van der Waals surface area contributed by atoms with E-state index in [9.17, 15) is 4.79 Å². The molecule has 152 valence electrons. The number of methoxy groups -OCH3 is 1. The fourth-order valence-electron chi connectivity index (χ4n) is 3.58. The van der Waals surface area contributed by atoms with Gasteiger partial charge >= 0.3 is 0 Å². The minimum Gasteiger partial charge on any atom is -0.493 e. The molecule has 8 heteroatoms. The Kier molecular flexibility index (Phi) is 5.24. The second-order valence-electron chi connectivity index (χ2n) is 6.96. The fourth-order valence-corrected chi connectivity index (χ4v) is 3.58. The smallest absolute Gasteiger partial charge is 0.289 e. The van der Waals surface area contributed by atoms with Crippen LogP contribution in [0.4, 0.5) is 11.6 Å². The first-order valence-corrected chi connectivity index (χ1v) is 9.79. The lowest BCUT2D eigenvalue weighted by Gasteiger charge is -2.35. The lowest BCUT2D eigenvalue weighted by Crippen LogP contribution is -2.49. The second-order valence-corrected chi connectivity index (χ2v) is 6.96. The summed E-state index contributed by atoms with van der Waals surface area (Å²) < 4.78 is 11.1. The quantitative estimate of drug-likeness (QED) is 0.711. The first kappa shape index (κ1) is 19.0. The van der Waals surface area contributed by atoms with Gasteiger partial charge in [-0.15, -0.1) is 0 Å². The standard InChI is InChI=1S/C21H25N5O3/c1-4-22-18-13-19(24-14(2)23-18)25-8-10-26(11-9-25)21(27)17-12-15-6-5-7-16(28-3)20(15)29-17/h5-7,12-13H,4,8-11H2,1-3H3,(H,22,23,24). The summed E-state index contributed by atoms with van der Waals surface area (Å²) in [6, 6.07) is 9.36. The highest BCUT2D eigenvalue weighted by molar-refractivity contribution is 5.97. The van der Waals surface area contributed by atoms with Crippen molar-refractivity contribution < 1.29 is 13.9 Å². The van der Waals surface area contributed by atoms with Gasteiger partial charge < -0.3 is 24.3 Å². The minimum absolute atomic E-state index is 0.102. The van der Waals surface area contributed by atoms with Crippen molar-refractivity contribution in [3.05, 3.63) is 41.9 Å². The van der Waals surface area contributed by atoms with Crippen molar-refractivity contribution in [3.8, 4) is 5.75 Å². The number of ether oxygens (including phenoxy) is 1. The van der Waals surface area contributed by atoms with E-state index in [2.05, 4.69) is 20.2 Å². The highest BCUT2D eigenvalue weighted by atomic mass is 16.5. The number of nitrogens with zero attached hydrogens (tertiary/aromatic N) is 4. The van der Waals surface area contributed by atoms with Crippen molar-refractivity contribution in [2.75, 3.05) is 50.1 Å². The highest BCUT2D eigenvalue weighted by Crippen LogP contribution is 2.29. The zero-order valence-corrected chi connectivity index (χ0v) is 16.9. The van der Waals surface area contributed by atoms with Gasteiger partial charge in [0, 0.05) is 44.2 Å².